The topological polar surface area (TPSA) is 63.6 Å². The van der Waals surface area contributed by atoms with Crippen LogP contribution in [0.5, 0.6) is 5.75 Å². The highest BCUT2D eigenvalue weighted by molar-refractivity contribution is 7.17. The van der Waals surface area contributed by atoms with E-state index in [1.165, 1.54) is 24.5 Å². The molecule has 0 amide bonds. The fourth-order valence-electron chi connectivity index (χ4n) is 1.51. The van der Waals surface area contributed by atoms with Crippen molar-refractivity contribution in [1.29, 1.82) is 0 Å². The maximum absolute atomic E-state index is 11.4. The number of carbonyl (C=O) groups excluding carboxylic acids is 1. The van der Waals surface area contributed by atoms with Gasteiger partial charge in [-0.3, -0.25) is 4.79 Å². The van der Waals surface area contributed by atoms with Crippen molar-refractivity contribution in [3.05, 3.63) is 29.1 Å². The number of ether oxygens (including phenoxy) is 1. The van der Waals surface area contributed by atoms with Crippen LogP contribution < -0.4 is 4.74 Å². The van der Waals surface area contributed by atoms with E-state index in [0.29, 0.717) is 11.1 Å². The van der Waals surface area contributed by atoms with Crippen molar-refractivity contribution < 1.29 is 19.4 Å². The van der Waals surface area contributed by atoms with Crippen molar-refractivity contribution in [2.75, 3.05) is 7.11 Å². The Morgan fingerprint density at radius 3 is 2.69 bits per heavy atom. The molecule has 4 nitrogen and oxygen atoms in total. The number of methoxy groups -OCH3 is 1. The molecule has 0 aliphatic heterocycles. The lowest BCUT2D eigenvalue weighted by atomic mass is 10.1. The molecule has 1 aromatic carbocycles. The van der Waals surface area contributed by atoms with Gasteiger partial charge in [0, 0.05) is 10.9 Å². The maximum Gasteiger partial charge on any atom is 0.377 e. The van der Waals surface area contributed by atoms with E-state index in [9.17, 15) is 9.59 Å². The molecular weight excluding hydrogens is 228 g/mol. The first-order chi connectivity index (χ1) is 7.65. The first-order valence-electron chi connectivity index (χ1n) is 4.47. The summed E-state index contributed by atoms with van der Waals surface area (Å²) in [6, 6.07) is 4.80. The van der Waals surface area contributed by atoms with Crippen LogP contribution in [0.3, 0.4) is 0 Å². The Kier molecular flexibility index (Phi) is 2.62. The second-order valence-electron chi connectivity index (χ2n) is 3.11. The van der Waals surface area contributed by atoms with Crippen LogP contribution in [0.15, 0.2) is 23.6 Å². The number of hydrogen-bond acceptors (Lipinski definition) is 4. The molecule has 16 heavy (non-hydrogen) atoms. The molecule has 2 aromatic rings. The lowest BCUT2D eigenvalue weighted by Gasteiger charge is -2.04. The van der Waals surface area contributed by atoms with E-state index in [0.717, 1.165) is 4.70 Å². The Bertz CT molecular complexity index is 570. The predicted octanol–water partition coefficient (Wildman–Crippen LogP) is 2.18. The highest BCUT2D eigenvalue weighted by Crippen LogP contribution is 2.33. The van der Waals surface area contributed by atoms with Crippen LogP contribution in [0.1, 0.15) is 10.4 Å². The SMILES string of the molecule is COc1ccc(C(=O)C(=O)O)c2ccsc12. The molecule has 82 valence electrons. The molecule has 0 unspecified atom stereocenters. The van der Waals surface area contributed by atoms with Crippen LogP contribution in [0.2, 0.25) is 0 Å². The third-order valence-corrected chi connectivity index (χ3v) is 3.17. The quantitative estimate of drug-likeness (QED) is 0.655. The van der Waals surface area contributed by atoms with Gasteiger partial charge in [-0.2, -0.15) is 0 Å². The summed E-state index contributed by atoms with van der Waals surface area (Å²) in [7, 11) is 1.53. The minimum atomic E-state index is -1.45. The van der Waals surface area contributed by atoms with E-state index in [4.69, 9.17) is 9.84 Å². The molecule has 1 aromatic heterocycles. The number of fused-ring (bicyclic) bond motifs is 1. The molecule has 0 aliphatic rings. The van der Waals surface area contributed by atoms with Gasteiger partial charge < -0.3 is 9.84 Å². The molecule has 5 heteroatoms. The van der Waals surface area contributed by atoms with Crippen LogP contribution in [-0.2, 0) is 4.79 Å². The van der Waals surface area contributed by atoms with Gasteiger partial charge in [0.1, 0.15) is 5.75 Å². The van der Waals surface area contributed by atoms with Crippen LogP contribution in [-0.4, -0.2) is 24.0 Å². The molecular formula is C11H8O4S. The number of Topliss-reactive ketones (excluding diaryl/α,β-unsaturated/α-hetero) is 1. The second kappa shape index (κ2) is 3.94. The van der Waals surface area contributed by atoms with Crippen LogP contribution in [0.25, 0.3) is 10.1 Å². The molecule has 0 aliphatic carbocycles. The molecule has 0 saturated heterocycles. The highest BCUT2D eigenvalue weighted by Gasteiger charge is 2.19. The number of rotatable bonds is 3. The van der Waals surface area contributed by atoms with E-state index < -0.39 is 11.8 Å². The molecule has 0 fully saturated rings. The second-order valence-corrected chi connectivity index (χ2v) is 4.03. The van der Waals surface area contributed by atoms with Crippen LogP contribution in [0, 0.1) is 0 Å². The number of thiophene rings is 1. The molecule has 1 heterocycles. The third-order valence-electron chi connectivity index (χ3n) is 2.24. The molecule has 0 radical (unpaired) electrons. The van der Waals surface area contributed by atoms with Crippen molar-refractivity contribution >= 4 is 33.2 Å². The Labute approximate surface area is 95.1 Å². The van der Waals surface area contributed by atoms with Crippen molar-refractivity contribution in [2.24, 2.45) is 0 Å². The summed E-state index contributed by atoms with van der Waals surface area (Å²) in [6.45, 7) is 0. The van der Waals surface area contributed by atoms with Crippen molar-refractivity contribution in [2.45, 2.75) is 0 Å². The fraction of sp³-hybridized carbons (Fsp3) is 0.0909. The Morgan fingerprint density at radius 1 is 1.31 bits per heavy atom. The van der Waals surface area contributed by atoms with Gasteiger partial charge in [0.15, 0.2) is 0 Å². The zero-order valence-electron chi connectivity index (χ0n) is 8.39. The van der Waals surface area contributed by atoms with Crippen LogP contribution in [0.4, 0.5) is 0 Å². The third kappa shape index (κ3) is 1.55. The lowest BCUT2D eigenvalue weighted by Crippen LogP contribution is -2.12. The van der Waals surface area contributed by atoms with Gasteiger partial charge in [-0.15, -0.1) is 11.3 Å². The minimum absolute atomic E-state index is 0.199. The summed E-state index contributed by atoms with van der Waals surface area (Å²) in [5.74, 6) is -1.70. The molecule has 1 N–H and O–H groups in total. The van der Waals surface area contributed by atoms with Crippen molar-refractivity contribution in [3.8, 4) is 5.75 Å². The van der Waals surface area contributed by atoms with Crippen LogP contribution >= 0.6 is 11.3 Å². The number of benzene rings is 1. The number of ketones is 1. The van der Waals surface area contributed by atoms with E-state index in [-0.39, 0.29) is 5.56 Å². The van der Waals surface area contributed by atoms with Gasteiger partial charge >= 0.3 is 5.97 Å². The summed E-state index contributed by atoms with van der Waals surface area (Å²) in [5.41, 5.74) is 0.199. The van der Waals surface area contributed by atoms with Gasteiger partial charge in [-0.25, -0.2) is 4.79 Å². The number of aliphatic carboxylic acids is 1. The standard InChI is InChI=1S/C11H8O4S/c1-15-8-3-2-6(9(12)11(13)14)7-4-5-16-10(7)8/h2-5H,1H3,(H,13,14). The van der Waals surface area contributed by atoms with E-state index in [2.05, 4.69) is 0 Å². The first-order valence-corrected chi connectivity index (χ1v) is 5.35. The molecule has 0 atom stereocenters. The van der Waals surface area contributed by atoms with Gasteiger partial charge in [0.05, 0.1) is 11.8 Å². The van der Waals surface area contributed by atoms with Crippen molar-refractivity contribution in [1.82, 2.24) is 0 Å². The molecule has 0 saturated carbocycles. The van der Waals surface area contributed by atoms with Gasteiger partial charge in [0.2, 0.25) is 0 Å². The largest absolute Gasteiger partial charge is 0.495 e. The first kappa shape index (κ1) is 10.6. The Balaban J connectivity index is 2.69. The minimum Gasteiger partial charge on any atom is -0.495 e. The summed E-state index contributed by atoms with van der Waals surface area (Å²) < 4.78 is 5.92. The highest BCUT2D eigenvalue weighted by atomic mass is 32.1. The fourth-order valence-corrected chi connectivity index (χ4v) is 2.42. The maximum atomic E-state index is 11.4. The zero-order chi connectivity index (χ0) is 11.7. The Hall–Kier alpha value is -1.88. The zero-order valence-corrected chi connectivity index (χ0v) is 9.21. The smallest absolute Gasteiger partial charge is 0.377 e. The number of carboxylic acids is 1. The summed E-state index contributed by atoms with van der Waals surface area (Å²) in [4.78, 5) is 22.1. The van der Waals surface area contributed by atoms with E-state index >= 15 is 0 Å². The Morgan fingerprint density at radius 2 is 2.06 bits per heavy atom. The van der Waals surface area contributed by atoms with Crippen molar-refractivity contribution in [3.63, 3.8) is 0 Å². The number of carbonyl (C=O) groups is 2. The van der Waals surface area contributed by atoms with Gasteiger partial charge in [-0.05, 0) is 23.6 Å². The summed E-state index contributed by atoms with van der Waals surface area (Å²) in [5, 5.41) is 11.1. The molecule has 2 rings (SSSR count). The molecule has 0 spiro atoms. The number of carboxylic acid groups (broad SMARTS) is 1. The monoisotopic (exact) mass is 236 g/mol. The number of hydrogen-bond donors (Lipinski definition) is 1. The average Bonchev–Trinajstić information content (AvgIpc) is 2.75. The predicted molar refractivity (Wildman–Crippen MR) is 60.3 cm³/mol. The molecule has 0 bridgehead atoms. The normalized spacial score (nSPS) is 10.3. The van der Waals surface area contributed by atoms with E-state index in [1.807, 2.05) is 0 Å². The summed E-state index contributed by atoms with van der Waals surface area (Å²) >= 11 is 1.41. The summed E-state index contributed by atoms with van der Waals surface area (Å²) in [6.07, 6.45) is 0. The van der Waals surface area contributed by atoms with Gasteiger partial charge in [-0.1, -0.05) is 0 Å². The van der Waals surface area contributed by atoms with E-state index in [1.54, 1.807) is 17.5 Å². The average molecular weight is 236 g/mol. The lowest BCUT2D eigenvalue weighted by molar-refractivity contribution is -0.131. The van der Waals surface area contributed by atoms with Gasteiger partial charge in [0.25, 0.3) is 5.78 Å².